The molecule has 1 aromatic carbocycles. The van der Waals surface area contributed by atoms with Crippen LogP contribution in [-0.2, 0) is 6.42 Å². The number of rotatable bonds is 2. The highest BCUT2D eigenvalue weighted by Gasteiger charge is 2.64. The van der Waals surface area contributed by atoms with Crippen molar-refractivity contribution in [2.75, 3.05) is 13.1 Å². The van der Waals surface area contributed by atoms with E-state index in [0.29, 0.717) is 5.41 Å². The normalized spacial score (nSPS) is 36.9. The van der Waals surface area contributed by atoms with Crippen molar-refractivity contribution < 1.29 is 0 Å². The Morgan fingerprint density at radius 1 is 1.22 bits per heavy atom. The minimum atomic E-state index is -0.00749. The molecule has 4 heteroatoms. The molecule has 1 aliphatic carbocycles. The average molecular weight is 289 g/mol. The van der Waals surface area contributed by atoms with E-state index in [1.54, 1.807) is 0 Å². The molecular formula is C14H22Cl2N2. The lowest BCUT2D eigenvalue weighted by atomic mass is 9.83. The molecule has 1 saturated heterocycles. The van der Waals surface area contributed by atoms with E-state index < -0.39 is 0 Å². The largest absolute Gasteiger partial charge is 0.324 e. The van der Waals surface area contributed by atoms with Crippen LogP contribution in [0.2, 0.25) is 0 Å². The third kappa shape index (κ3) is 2.39. The van der Waals surface area contributed by atoms with Gasteiger partial charge in [0.2, 0.25) is 0 Å². The summed E-state index contributed by atoms with van der Waals surface area (Å²) < 4.78 is 0. The molecule has 1 aromatic rings. The topological polar surface area (TPSA) is 38.0 Å². The molecule has 2 nitrogen and oxygen atoms in total. The molecular weight excluding hydrogens is 267 g/mol. The first kappa shape index (κ1) is 15.8. The van der Waals surface area contributed by atoms with Crippen LogP contribution in [0.1, 0.15) is 18.9 Å². The van der Waals surface area contributed by atoms with Crippen LogP contribution in [0, 0.1) is 11.3 Å². The van der Waals surface area contributed by atoms with Gasteiger partial charge in [-0.15, -0.1) is 24.8 Å². The summed E-state index contributed by atoms with van der Waals surface area (Å²) in [6.07, 6.45) is 2.48. The van der Waals surface area contributed by atoms with Gasteiger partial charge in [0.1, 0.15) is 0 Å². The molecule has 0 bridgehead atoms. The Morgan fingerprint density at radius 2 is 1.89 bits per heavy atom. The summed E-state index contributed by atoms with van der Waals surface area (Å²) in [6, 6.07) is 10.8. The molecule has 0 amide bonds. The molecule has 0 radical (unpaired) electrons. The Hall–Kier alpha value is -0.280. The summed E-state index contributed by atoms with van der Waals surface area (Å²) in [5.74, 6) is 0.778. The van der Waals surface area contributed by atoms with Crippen LogP contribution in [0.15, 0.2) is 30.3 Å². The Morgan fingerprint density at radius 3 is 2.44 bits per heavy atom. The van der Waals surface area contributed by atoms with Crippen LogP contribution in [-0.4, -0.2) is 18.6 Å². The lowest BCUT2D eigenvalue weighted by Crippen LogP contribution is -2.46. The molecule has 2 unspecified atom stereocenters. The van der Waals surface area contributed by atoms with E-state index in [4.69, 9.17) is 5.73 Å². The van der Waals surface area contributed by atoms with E-state index in [9.17, 15) is 0 Å². The average Bonchev–Trinajstić information content (AvgIpc) is 2.86. The van der Waals surface area contributed by atoms with E-state index in [-0.39, 0.29) is 30.4 Å². The Bertz CT molecular complexity index is 394. The van der Waals surface area contributed by atoms with Crippen LogP contribution < -0.4 is 11.1 Å². The molecule has 3 N–H and O–H groups in total. The van der Waals surface area contributed by atoms with Gasteiger partial charge in [-0.2, -0.15) is 0 Å². The Labute approximate surface area is 122 Å². The molecule has 3 atom stereocenters. The number of hydrogen-bond acceptors (Lipinski definition) is 2. The molecule has 2 aliphatic rings. The number of halogens is 2. The number of hydrogen-bond donors (Lipinski definition) is 2. The number of nitrogens with one attached hydrogen (secondary N) is 1. The maximum atomic E-state index is 6.40. The number of benzene rings is 1. The second kappa shape index (κ2) is 5.38. The maximum Gasteiger partial charge on any atom is 0.0324 e. The lowest BCUT2D eigenvalue weighted by Gasteiger charge is -2.27. The summed E-state index contributed by atoms with van der Waals surface area (Å²) in [7, 11) is 0. The highest BCUT2D eigenvalue weighted by Crippen LogP contribution is 2.61. The standard InChI is InChI=1S/C14H20N2.2ClH/c1-13(15)9-16-10-14(13)8-12(14)7-11-5-3-2-4-6-11;;/h2-6,12,16H,7-10,15H2,1H3;2*1H/t12?,13-,14?;;/m1../s1. The fraction of sp³-hybridized carbons (Fsp3) is 0.571. The third-order valence-electron chi connectivity index (χ3n) is 4.63. The highest BCUT2D eigenvalue weighted by molar-refractivity contribution is 5.85. The van der Waals surface area contributed by atoms with Gasteiger partial charge in [0, 0.05) is 24.0 Å². The van der Waals surface area contributed by atoms with Gasteiger partial charge >= 0.3 is 0 Å². The molecule has 1 saturated carbocycles. The zero-order chi connectivity index (χ0) is 11.2. The Kier molecular flexibility index (Phi) is 4.71. The Balaban J connectivity index is 0.000000810. The van der Waals surface area contributed by atoms with Gasteiger partial charge in [-0.3, -0.25) is 0 Å². The zero-order valence-corrected chi connectivity index (χ0v) is 12.3. The highest BCUT2D eigenvalue weighted by atomic mass is 35.5. The van der Waals surface area contributed by atoms with E-state index in [1.165, 1.54) is 18.4 Å². The molecule has 1 heterocycles. The van der Waals surface area contributed by atoms with Crippen molar-refractivity contribution in [1.82, 2.24) is 5.32 Å². The third-order valence-corrected chi connectivity index (χ3v) is 4.63. The van der Waals surface area contributed by atoms with Gasteiger partial charge in [-0.05, 0) is 31.2 Å². The molecule has 1 aliphatic heterocycles. The lowest BCUT2D eigenvalue weighted by molar-refractivity contribution is 0.322. The smallest absolute Gasteiger partial charge is 0.0324 e. The summed E-state index contributed by atoms with van der Waals surface area (Å²) in [6.45, 7) is 4.29. The van der Waals surface area contributed by atoms with Crippen LogP contribution >= 0.6 is 24.8 Å². The summed E-state index contributed by atoms with van der Waals surface area (Å²) >= 11 is 0. The SMILES string of the molecule is C[C@@]1(N)CNCC12CC2Cc1ccccc1.Cl.Cl. The molecule has 3 rings (SSSR count). The van der Waals surface area contributed by atoms with Gasteiger partial charge in [0.25, 0.3) is 0 Å². The predicted octanol–water partition coefficient (Wildman–Crippen LogP) is 2.40. The molecule has 102 valence electrons. The van der Waals surface area contributed by atoms with Crippen LogP contribution in [0.4, 0.5) is 0 Å². The van der Waals surface area contributed by atoms with Crippen LogP contribution in [0.3, 0.4) is 0 Å². The van der Waals surface area contributed by atoms with Crippen LogP contribution in [0.25, 0.3) is 0 Å². The summed E-state index contributed by atoms with van der Waals surface area (Å²) in [5.41, 5.74) is 8.22. The van der Waals surface area contributed by atoms with Crippen molar-refractivity contribution in [3.05, 3.63) is 35.9 Å². The molecule has 2 fully saturated rings. The van der Waals surface area contributed by atoms with Gasteiger partial charge in [0.15, 0.2) is 0 Å². The molecule has 0 aromatic heterocycles. The van der Waals surface area contributed by atoms with E-state index in [2.05, 4.69) is 42.6 Å². The summed E-state index contributed by atoms with van der Waals surface area (Å²) in [4.78, 5) is 0. The fourth-order valence-corrected chi connectivity index (χ4v) is 3.39. The van der Waals surface area contributed by atoms with Crippen molar-refractivity contribution in [2.45, 2.75) is 25.3 Å². The van der Waals surface area contributed by atoms with Crippen molar-refractivity contribution in [2.24, 2.45) is 17.1 Å². The fourth-order valence-electron chi connectivity index (χ4n) is 3.39. The minimum absolute atomic E-state index is 0. The van der Waals surface area contributed by atoms with E-state index >= 15 is 0 Å². The maximum absolute atomic E-state index is 6.40. The second-order valence-corrected chi connectivity index (χ2v) is 5.77. The van der Waals surface area contributed by atoms with Crippen molar-refractivity contribution in [3.63, 3.8) is 0 Å². The van der Waals surface area contributed by atoms with Gasteiger partial charge in [-0.1, -0.05) is 30.3 Å². The first-order valence-electron chi connectivity index (χ1n) is 6.18. The van der Waals surface area contributed by atoms with Gasteiger partial charge < -0.3 is 11.1 Å². The van der Waals surface area contributed by atoms with Crippen LogP contribution in [0.5, 0.6) is 0 Å². The molecule has 1 spiro atoms. The van der Waals surface area contributed by atoms with E-state index in [0.717, 1.165) is 19.0 Å². The van der Waals surface area contributed by atoms with Crippen molar-refractivity contribution in [3.8, 4) is 0 Å². The van der Waals surface area contributed by atoms with E-state index in [1.807, 2.05) is 0 Å². The summed E-state index contributed by atoms with van der Waals surface area (Å²) in [5, 5.41) is 3.46. The zero-order valence-electron chi connectivity index (χ0n) is 10.7. The van der Waals surface area contributed by atoms with Gasteiger partial charge in [-0.25, -0.2) is 0 Å². The first-order chi connectivity index (χ1) is 7.64. The number of nitrogens with two attached hydrogens (primary N) is 1. The second-order valence-electron chi connectivity index (χ2n) is 5.77. The quantitative estimate of drug-likeness (QED) is 0.877. The minimum Gasteiger partial charge on any atom is -0.324 e. The van der Waals surface area contributed by atoms with Crippen molar-refractivity contribution >= 4 is 24.8 Å². The monoisotopic (exact) mass is 288 g/mol. The van der Waals surface area contributed by atoms with Gasteiger partial charge in [0.05, 0.1) is 0 Å². The first-order valence-corrected chi connectivity index (χ1v) is 6.18. The molecule has 18 heavy (non-hydrogen) atoms. The predicted molar refractivity (Wildman–Crippen MR) is 80.6 cm³/mol. The van der Waals surface area contributed by atoms with Crippen molar-refractivity contribution in [1.29, 1.82) is 0 Å².